The van der Waals surface area contributed by atoms with Crippen molar-refractivity contribution in [3.8, 4) is 0 Å². The third-order valence-electron chi connectivity index (χ3n) is 8.43. The average Bonchev–Trinajstić information content (AvgIpc) is 2.94. The van der Waals surface area contributed by atoms with Gasteiger partial charge in [-0.3, -0.25) is 9.59 Å². The van der Waals surface area contributed by atoms with Crippen LogP contribution in [0.4, 0.5) is 0 Å². The summed E-state index contributed by atoms with van der Waals surface area (Å²) in [6.07, 6.45) is 3.93. The lowest BCUT2D eigenvalue weighted by Crippen LogP contribution is -2.48. The fraction of sp³-hybridized carbons (Fsp3) is 0.789. The molecule has 1 spiro atoms. The first-order valence-corrected chi connectivity index (χ1v) is 9.12. The van der Waals surface area contributed by atoms with E-state index in [-0.39, 0.29) is 23.7 Å². The van der Waals surface area contributed by atoms with Crippen LogP contribution in [0.2, 0.25) is 0 Å². The maximum atomic E-state index is 12.7. The lowest BCUT2D eigenvalue weighted by atomic mass is 9.60. The van der Waals surface area contributed by atoms with E-state index in [9.17, 15) is 19.8 Å². The number of aliphatic hydroxyl groups is 1. The second-order valence-electron chi connectivity index (χ2n) is 9.03. The van der Waals surface area contributed by atoms with E-state index in [1.54, 1.807) is 0 Å². The number of carbonyl (C=O) groups is 2. The van der Waals surface area contributed by atoms with Gasteiger partial charge in [-0.05, 0) is 56.9 Å². The molecule has 5 heteroatoms. The lowest BCUT2D eigenvalue weighted by Gasteiger charge is -2.44. The number of fused-ring (bicyclic) bond motifs is 1. The molecule has 5 nitrogen and oxygen atoms in total. The maximum absolute atomic E-state index is 12.7. The number of rotatable bonds is 1. The molecule has 4 saturated carbocycles. The SMILES string of the molecule is C=C1[C@@H]2CC[C@H]3[C@@]45CCC[C@](C)(C(=O)O4)[C@H]5[C@H](C(=O)O)[C@]3(C2)[C@@H]1O. The van der Waals surface area contributed by atoms with E-state index in [4.69, 9.17) is 4.74 Å². The van der Waals surface area contributed by atoms with Crippen molar-refractivity contribution in [2.75, 3.05) is 0 Å². The van der Waals surface area contributed by atoms with Crippen LogP contribution < -0.4 is 0 Å². The average molecular weight is 332 g/mol. The van der Waals surface area contributed by atoms with Gasteiger partial charge < -0.3 is 14.9 Å². The zero-order chi connectivity index (χ0) is 17.1. The van der Waals surface area contributed by atoms with Crippen molar-refractivity contribution in [3.05, 3.63) is 12.2 Å². The standard InChI is InChI=1S/C19H24O5/c1-9-10-4-5-11-18(8-10,14(9)20)12(15(21)22)13-17(2)6-3-7-19(11,13)24-16(17)23/h10-14,20H,1,3-8H2,2H3,(H,21,22)/t10-,11-,12-,13-,14-,17+,18-,19-/m1/s1. The zero-order valence-electron chi connectivity index (χ0n) is 14.0. The first kappa shape index (κ1) is 14.9. The van der Waals surface area contributed by atoms with E-state index in [0.717, 1.165) is 31.3 Å². The van der Waals surface area contributed by atoms with E-state index >= 15 is 0 Å². The Morgan fingerprint density at radius 2 is 2.08 bits per heavy atom. The second kappa shape index (κ2) is 4.06. The largest absolute Gasteiger partial charge is 0.481 e. The van der Waals surface area contributed by atoms with Crippen LogP contribution in [0.25, 0.3) is 0 Å². The van der Waals surface area contributed by atoms with Crippen LogP contribution >= 0.6 is 0 Å². The predicted octanol–water partition coefficient (Wildman–Crippen LogP) is 2.14. The highest BCUT2D eigenvalue weighted by atomic mass is 16.6. The van der Waals surface area contributed by atoms with Crippen molar-refractivity contribution in [2.24, 2.45) is 34.5 Å². The number of aliphatic hydroxyl groups excluding tert-OH is 1. The fourth-order valence-corrected chi connectivity index (χ4v) is 7.72. The molecule has 2 N–H and O–H groups in total. The summed E-state index contributed by atoms with van der Waals surface area (Å²) in [6, 6.07) is 0. The molecular weight excluding hydrogens is 308 g/mol. The van der Waals surface area contributed by atoms with Crippen molar-refractivity contribution in [1.82, 2.24) is 0 Å². The summed E-state index contributed by atoms with van der Waals surface area (Å²) in [7, 11) is 0. The fourth-order valence-electron chi connectivity index (χ4n) is 7.72. The smallest absolute Gasteiger partial charge is 0.312 e. The quantitative estimate of drug-likeness (QED) is 0.568. The Bertz CT molecular complexity index is 685. The number of hydrogen-bond donors (Lipinski definition) is 2. The summed E-state index contributed by atoms with van der Waals surface area (Å²) in [5.41, 5.74) is -1.33. The van der Waals surface area contributed by atoms with Crippen LogP contribution in [-0.2, 0) is 14.3 Å². The molecule has 0 unspecified atom stereocenters. The Kier molecular flexibility index (Phi) is 2.53. The molecule has 0 aromatic rings. The number of carboxylic acid groups (broad SMARTS) is 1. The summed E-state index contributed by atoms with van der Waals surface area (Å²) in [5.74, 6) is -2.01. The summed E-state index contributed by atoms with van der Waals surface area (Å²) >= 11 is 0. The van der Waals surface area contributed by atoms with Crippen LogP contribution in [0.5, 0.6) is 0 Å². The molecule has 4 aliphatic carbocycles. The van der Waals surface area contributed by atoms with E-state index < -0.39 is 34.4 Å². The molecule has 0 aromatic heterocycles. The molecule has 8 atom stereocenters. The number of aliphatic carboxylic acids is 1. The summed E-state index contributed by atoms with van der Waals surface area (Å²) < 4.78 is 6.04. The normalized spacial score (nSPS) is 57.5. The monoisotopic (exact) mass is 332 g/mol. The lowest BCUT2D eigenvalue weighted by molar-refractivity contribution is -0.164. The predicted molar refractivity (Wildman–Crippen MR) is 83.8 cm³/mol. The number of ether oxygens (including phenoxy) is 1. The Balaban J connectivity index is 1.78. The van der Waals surface area contributed by atoms with Gasteiger partial charge in [0.2, 0.25) is 0 Å². The molecule has 5 fully saturated rings. The first-order chi connectivity index (χ1) is 11.3. The van der Waals surface area contributed by atoms with Gasteiger partial charge in [-0.15, -0.1) is 0 Å². The molecule has 1 saturated heterocycles. The Morgan fingerprint density at radius 1 is 1.33 bits per heavy atom. The van der Waals surface area contributed by atoms with Gasteiger partial charge in [-0.2, -0.15) is 0 Å². The van der Waals surface area contributed by atoms with Crippen LogP contribution in [-0.4, -0.2) is 33.9 Å². The molecule has 130 valence electrons. The molecule has 0 amide bonds. The van der Waals surface area contributed by atoms with Gasteiger partial charge in [0.25, 0.3) is 0 Å². The van der Waals surface area contributed by atoms with Crippen molar-refractivity contribution in [3.63, 3.8) is 0 Å². The molecule has 5 aliphatic rings. The van der Waals surface area contributed by atoms with Gasteiger partial charge in [-0.1, -0.05) is 6.58 Å². The Hall–Kier alpha value is -1.36. The first-order valence-electron chi connectivity index (χ1n) is 9.12. The minimum Gasteiger partial charge on any atom is -0.481 e. The van der Waals surface area contributed by atoms with E-state index in [0.29, 0.717) is 12.8 Å². The van der Waals surface area contributed by atoms with Crippen LogP contribution in [0.15, 0.2) is 12.2 Å². The minimum absolute atomic E-state index is 0.0623. The molecule has 5 rings (SSSR count). The van der Waals surface area contributed by atoms with Crippen molar-refractivity contribution in [2.45, 2.75) is 57.2 Å². The van der Waals surface area contributed by atoms with Gasteiger partial charge in [0, 0.05) is 17.3 Å². The molecule has 1 aliphatic heterocycles. The van der Waals surface area contributed by atoms with Gasteiger partial charge in [-0.25, -0.2) is 0 Å². The highest BCUT2D eigenvalue weighted by Gasteiger charge is 2.83. The third kappa shape index (κ3) is 1.26. The molecule has 0 aromatic carbocycles. The summed E-state index contributed by atoms with van der Waals surface area (Å²) in [6.45, 7) is 5.97. The van der Waals surface area contributed by atoms with Gasteiger partial charge in [0.05, 0.1) is 17.4 Å². The minimum atomic E-state index is -0.882. The summed E-state index contributed by atoms with van der Waals surface area (Å²) in [4.78, 5) is 25.1. The van der Waals surface area contributed by atoms with Crippen LogP contribution in [0.3, 0.4) is 0 Å². The summed E-state index contributed by atoms with van der Waals surface area (Å²) in [5, 5.41) is 21.2. The molecule has 1 heterocycles. The number of esters is 1. The second-order valence-corrected chi connectivity index (χ2v) is 9.03. The number of carboxylic acids is 1. The number of hydrogen-bond acceptors (Lipinski definition) is 4. The van der Waals surface area contributed by atoms with Crippen LogP contribution in [0.1, 0.15) is 45.4 Å². The van der Waals surface area contributed by atoms with E-state index in [1.165, 1.54) is 0 Å². The maximum Gasteiger partial charge on any atom is 0.312 e. The topological polar surface area (TPSA) is 83.8 Å². The molecular formula is C19H24O5. The Labute approximate surface area is 141 Å². The third-order valence-corrected chi connectivity index (χ3v) is 8.43. The van der Waals surface area contributed by atoms with Gasteiger partial charge >= 0.3 is 11.9 Å². The van der Waals surface area contributed by atoms with E-state index in [1.807, 2.05) is 6.92 Å². The highest BCUT2D eigenvalue weighted by molar-refractivity contribution is 5.84. The van der Waals surface area contributed by atoms with Gasteiger partial charge in [0.15, 0.2) is 0 Å². The van der Waals surface area contributed by atoms with Gasteiger partial charge in [0.1, 0.15) is 5.60 Å². The van der Waals surface area contributed by atoms with Crippen molar-refractivity contribution >= 4 is 11.9 Å². The van der Waals surface area contributed by atoms with Crippen molar-refractivity contribution < 1.29 is 24.5 Å². The zero-order valence-corrected chi connectivity index (χ0v) is 14.0. The van der Waals surface area contributed by atoms with E-state index in [2.05, 4.69) is 6.58 Å². The Morgan fingerprint density at radius 3 is 2.79 bits per heavy atom. The number of carbonyl (C=O) groups excluding carboxylic acids is 1. The molecule has 4 bridgehead atoms. The highest BCUT2D eigenvalue weighted by Crippen LogP contribution is 2.77. The molecule has 24 heavy (non-hydrogen) atoms. The molecule has 0 radical (unpaired) electrons. The van der Waals surface area contributed by atoms with Crippen molar-refractivity contribution in [1.29, 1.82) is 0 Å². The van der Waals surface area contributed by atoms with Crippen LogP contribution in [0, 0.1) is 34.5 Å².